The summed E-state index contributed by atoms with van der Waals surface area (Å²) in [5.74, 6) is -1.63. The molecule has 0 radical (unpaired) electrons. The zero-order valence-electron chi connectivity index (χ0n) is 11.1. The predicted octanol–water partition coefficient (Wildman–Crippen LogP) is 1.27. The van der Waals surface area contributed by atoms with Gasteiger partial charge in [0.25, 0.3) is 0 Å². The van der Waals surface area contributed by atoms with Gasteiger partial charge in [-0.1, -0.05) is 11.6 Å². The Bertz CT molecular complexity index is 643. The molecule has 0 fully saturated rings. The molecule has 0 heterocycles. The van der Waals surface area contributed by atoms with E-state index in [1.807, 2.05) is 0 Å². The van der Waals surface area contributed by atoms with Crippen LogP contribution in [-0.2, 0) is 19.6 Å². The van der Waals surface area contributed by atoms with Crippen LogP contribution >= 0.6 is 11.6 Å². The van der Waals surface area contributed by atoms with Crippen LogP contribution in [0.15, 0.2) is 23.1 Å². The van der Waals surface area contributed by atoms with E-state index in [4.69, 9.17) is 16.7 Å². The van der Waals surface area contributed by atoms with Crippen LogP contribution in [0.5, 0.6) is 0 Å². The highest BCUT2D eigenvalue weighted by Gasteiger charge is 2.19. The molecule has 0 unspecified atom stereocenters. The number of rotatable bonds is 7. The minimum absolute atomic E-state index is 0.0241. The average molecular weight is 336 g/mol. The Balaban J connectivity index is 2.84. The molecule has 0 saturated heterocycles. The van der Waals surface area contributed by atoms with E-state index in [9.17, 15) is 18.0 Å². The maximum absolute atomic E-state index is 12.0. The number of benzene rings is 1. The highest BCUT2D eigenvalue weighted by Crippen LogP contribution is 2.23. The molecule has 0 amide bonds. The molecule has 1 aromatic rings. The van der Waals surface area contributed by atoms with E-state index >= 15 is 0 Å². The SMILES string of the molecule is COC(=O)c1ccc(S(=O)(=O)NCCCC(=O)O)c(Cl)c1. The van der Waals surface area contributed by atoms with Crippen molar-refractivity contribution in [1.82, 2.24) is 4.72 Å². The summed E-state index contributed by atoms with van der Waals surface area (Å²) in [6.07, 6.45) is 0.0178. The first kappa shape index (κ1) is 17.4. The maximum atomic E-state index is 12.0. The Labute approximate surface area is 126 Å². The number of carboxylic acids is 1. The molecule has 0 spiro atoms. The number of nitrogens with one attached hydrogen (secondary N) is 1. The van der Waals surface area contributed by atoms with E-state index < -0.39 is 22.0 Å². The molecule has 1 aromatic carbocycles. The number of carbonyl (C=O) groups excluding carboxylic acids is 1. The van der Waals surface area contributed by atoms with Gasteiger partial charge in [0.15, 0.2) is 0 Å². The summed E-state index contributed by atoms with van der Waals surface area (Å²) in [4.78, 5) is 21.4. The fraction of sp³-hybridized carbons (Fsp3) is 0.333. The van der Waals surface area contributed by atoms with Crippen molar-refractivity contribution in [2.45, 2.75) is 17.7 Å². The molecule has 9 heteroatoms. The Morgan fingerprint density at radius 3 is 2.57 bits per heavy atom. The molecule has 0 aromatic heterocycles. The molecule has 1 rings (SSSR count). The van der Waals surface area contributed by atoms with E-state index in [1.54, 1.807) is 0 Å². The summed E-state index contributed by atoms with van der Waals surface area (Å²) in [5.41, 5.74) is 0.132. The molecule has 0 saturated carbocycles. The van der Waals surface area contributed by atoms with Crippen molar-refractivity contribution in [3.63, 3.8) is 0 Å². The number of halogens is 1. The summed E-state index contributed by atoms with van der Waals surface area (Å²) in [7, 11) is -2.67. The number of methoxy groups -OCH3 is 1. The van der Waals surface area contributed by atoms with Crippen LogP contribution < -0.4 is 4.72 Å². The van der Waals surface area contributed by atoms with Crippen molar-refractivity contribution in [3.05, 3.63) is 28.8 Å². The van der Waals surface area contributed by atoms with E-state index in [0.717, 1.165) is 0 Å². The van der Waals surface area contributed by atoms with Gasteiger partial charge in [0, 0.05) is 13.0 Å². The van der Waals surface area contributed by atoms with Gasteiger partial charge in [0.05, 0.1) is 17.7 Å². The average Bonchev–Trinajstić information content (AvgIpc) is 2.42. The molecule has 0 aliphatic heterocycles. The Morgan fingerprint density at radius 2 is 2.05 bits per heavy atom. The van der Waals surface area contributed by atoms with Crippen molar-refractivity contribution in [2.24, 2.45) is 0 Å². The van der Waals surface area contributed by atoms with E-state index in [1.165, 1.54) is 25.3 Å². The number of aliphatic carboxylic acids is 1. The smallest absolute Gasteiger partial charge is 0.337 e. The normalized spacial score (nSPS) is 11.1. The Kier molecular flexibility index (Phi) is 6.13. The lowest BCUT2D eigenvalue weighted by Gasteiger charge is -2.09. The summed E-state index contributed by atoms with van der Waals surface area (Å²) >= 11 is 5.86. The van der Waals surface area contributed by atoms with Gasteiger partial charge >= 0.3 is 11.9 Å². The minimum atomic E-state index is -3.87. The summed E-state index contributed by atoms with van der Waals surface area (Å²) in [5, 5.41) is 8.35. The number of carboxylic acid groups (broad SMARTS) is 1. The van der Waals surface area contributed by atoms with Crippen LogP contribution in [0, 0.1) is 0 Å². The van der Waals surface area contributed by atoms with Crippen LogP contribution in [0.25, 0.3) is 0 Å². The molecule has 2 N–H and O–H groups in total. The molecule has 0 atom stereocenters. The van der Waals surface area contributed by atoms with Gasteiger partial charge in [0.1, 0.15) is 4.90 Å². The fourth-order valence-corrected chi connectivity index (χ4v) is 3.10. The molecule has 0 bridgehead atoms. The monoisotopic (exact) mass is 335 g/mol. The number of sulfonamides is 1. The molecule has 116 valence electrons. The van der Waals surface area contributed by atoms with E-state index in [2.05, 4.69) is 9.46 Å². The van der Waals surface area contributed by atoms with Crippen LogP contribution in [0.2, 0.25) is 5.02 Å². The third-order valence-corrected chi connectivity index (χ3v) is 4.45. The third-order valence-electron chi connectivity index (χ3n) is 2.50. The quantitative estimate of drug-likeness (QED) is 0.573. The van der Waals surface area contributed by atoms with Gasteiger partial charge in [0.2, 0.25) is 10.0 Å². The van der Waals surface area contributed by atoms with Crippen molar-refractivity contribution in [3.8, 4) is 0 Å². The van der Waals surface area contributed by atoms with Crippen molar-refractivity contribution >= 4 is 33.6 Å². The zero-order chi connectivity index (χ0) is 16.0. The lowest BCUT2D eigenvalue weighted by atomic mass is 10.2. The highest BCUT2D eigenvalue weighted by atomic mass is 35.5. The lowest BCUT2D eigenvalue weighted by molar-refractivity contribution is -0.137. The predicted molar refractivity (Wildman–Crippen MR) is 74.8 cm³/mol. The van der Waals surface area contributed by atoms with E-state index in [0.29, 0.717) is 0 Å². The van der Waals surface area contributed by atoms with Crippen LogP contribution in [0.1, 0.15) is 23.2 Å². The maximum Gasteiger partial charge on any atom is 0.337 e. The summed E-state index contributed by atoms with van der Waals surface area (Å²) in [6, 6.07) is 3.66. The molecular formula is C12H14ClNO6S. The second-order valence-corrected chi connectivity index (χ2v) is 6.17. The molecule has 7 nitrogen and oxygen atoms in total. The number of ether oxygens (including phenoxy) is 1. The van der Waals surface area contributed by atoms with Gasteiger partial charge in [-0.3, -0.25) is 4.79 Å². The minimum Gasteiger partial charge on any atom is -0.481 e. The Hall–Kier alpha value is -1.64. The largest absolute Gasteiger partial charge is 0.481 e. The van der Waals surface area contributed by atoms with Crippen LogP contribution in [0.3, 0.4) is 0 Å². The van der Waals surface area contributed by atoms with Crippen LogP contribution in [0.4, 0.5) is 0 Å². The Morgan fingerprint density at radius 1 is 1.38 bits per heavy atom. The standard InChI is InChI=1S/C12H14ClNO6S/c1-20-12(17)8-4-5-10(9(13)7-8)21(18,19)14-6-2-3-11(15)16/h4-5,7,14H,2-3,6H2,1H3,(H,15,16). The second-order valence-electron chi connectivity index (χ2n) is 4.03. The van der Waals surface area contributed by atoms with Gasteiger partial charge in [-0.15, -0.1) is 0 Å². The van der Waals surface area contributed by atoms with E-state index in [-0.39, 0.29) is 34.9 Å². The number of hydrogen-bond donors (Lipinski definition) is 2. The van der Waals surface area contributed by atoms with Crippen LogP contribution in [-0.4, -0.2) is 39.1 Å². The number of carbonyl (C=O) groups is 2. The lowest BCUT2D eigenvalue weighted by Crippen LogP contribution is -2.25. The topological polar surface area (TPSA) is 110 Å². The number of hydrogen-bond acceptors (Lipinski definition) is 5. The van der Waals surface area contributed by atoms with Gasteiger partial charge < -0.3 is 9.84 Å². The highest BCUT2D eigenvalue weighted by molar-refractivity contribution is 7.89. The van der Waals surface area contributed by atoms with Crippen molar-refractivity contribution in [1.29, 1.82) is 0 Å². The summed E-state index contributed by atoms with van der Waals surface area (Å²) < 4.78 is 30.7. The van der Waals surface area contributed by atoms with Crippen molar-refractivity contribution in [2.75, 3.05) is 13.7 Å². The molecule has 0 aliphatic carbocycles. The van der Waals surface area contributed by atoms with Gasteiger partial charge in [-0.2, -0.15) is 0 Å². The number of esters is 1. The first-order valence-electron chi connectivity index (χ1n) is 5.87. The van der Waals surface area contributed by atoms with Gasteiger partial charge in [-0.05, 0) is 24.6 Å². The van der Waals surface area contributed by atoms with Crippen molar-refractivity contribution < 1.29 is 27.9 Å². The first-order valence-corrected chi connectivity index (χ1v) is 7.73. The zero-order valence-corrected chi connectivity index (χ0v) is 12.7. The molecule has 0 aliphatic rings. The first-order chi connectivity index (χ1) is 9.77. The van der Waals surface area contributed by atoms with Gasteiger partial charge in [-0.25, -0.2) is 17.9 Å². The molecule has 21 heavy (non-hydrogen) atoms. The molecular weight excluding hydrogens is 322 g/mol. The fourth-order valence-electron chi connectivity index (χ4n) is 1.49. The second kappa shape index (κ2) is 7.39. The summed E-state index contributed by atoms with van der Waals surface area (Å²) in [6.45, 7) is -0.0241. The third kappa shape index (κ3) is 5.00.